The third-order valence-corrected chi connectivity index (χ3v) is 4.40. The SMILES string of the molecule is Cl.NCC1CCCCN1C(=O)CCNc1ccc(C(F)(F)F)cc1[N+](=O)[O-]. The molecule has 0 saturated carbocycles. The van der Waals surface area contributed by atoms with Gasteiger partial charge in [0.15, 0.2) is 0 Å². The fourth-order valence-corrected chi connectivity index (χ4v) is 3.03. The van der Waals surface area contributed by atoms with E-state index in [0.29, 0.717) is 19.2 Å². The van der Waals surface area contributed by atoms with Crippen LogP contribution in [0.1, 0.15) is 31.2 Å². The van der Waals surface area contributed by atoms with Crippen molar-refractivity contribution in [2.24, 2.45) is 5.73 Å². The highest BCUT2D eigenvalue weighted by Gasteiger charge is 2.33. The summed E-state index contributed by atoms with van der Waals surface area (Å²) in [6.45, 7) is 1.09. The van der Waals surface area contributed by atoms with Crippen LogP contribution in [0.5, 0.6) is 0 Å². The molecule has 7 nitrogen and oxygen atoms in total. The van der Waals surface area contributed by atoms with Gasteiger partial charge >= 0.3 is 6.18 Å². The molecule has 3 N–H and O–H groups in total. The number of carbonyl (C=O) groups is 1. The lowest BCUT2D eigenvalue weighted by Crippen LogP contribution is -2.47. The molecular formula is C16H22ClF3N4O3. The van der Waals surface area contributed by atoms with E-state index in [4.69, 9.17) is 5.73 Å². The number of nitro groups is 1. The van der Waals surface area contributed by atoms with E-state index in [-0.39, 0.29) is 43.0 Å². The number of hydrogen-bond acceptors (Lipinski definition) is 5. The summed E-state index contributed by atoms with van der Waals surface area (Å²) in [7, 11) is 0. The molecule has 1 aromatic rings. The summed E-state index contributed by atoms with van der Waals surface area (Å²) >= 11 is 0. The van der Waals surface area contributed by atoms with Gasteiger partial charge in [-0.2, -0.15) is 13.2 Å². The van der Waals surface area contributed by atoms with Crippen LogP contribution in [0.3, 0.4) is 0 Å². The van der Waals surface area contributed by atoms with E-state index in [1.165, 1.54) is 0 Å². The molecule has 0 spiro atoms. The van der Waals surface area contributed by atoms with Crippen molar-refractivity contribution >= 4 is 29.7 Å². The zero-order valence-electron chi connectivity index (χ0n) is 14.5. The first kappa shape index (κ1) is 23.0. The van der Waals surface area contributed by atoms with Gasteiger partial charge in [-0.15, -0.1) is 12.4 Å². The lowest BCUT2D eigenvalue weighted by Gasteiger charge is -2.35. The summed E-state index contributed by atoms with van der Waals surface area (Å²) in [6, 6.07) is 2.26. The van der Waals surface area contributed by atoms with Gasteiger partial charge in [-0.1, -0.05) is 0 Å². The van der Waals surface area contributed by atoms with Crippen LogP contribution in [-0.2, 0) is 11.0 Å². The van der Waals surface area contributed by atoms with Crippen LogP contribution in [0.25, 0.3) is 0 Å². The smallest absolute Gasteiger partial charge is 0.379 e. The third kappa shape index (κ3) is 5.96. The molecule has 2 rings (SSSR count). The largest absolute Gasteiger partial charge is 0.416 e. The molecule has 11 heteroatoms. The van der Waals surface area contributed by atoms with E-state index in [1.54, 1.807) is 4.90 Å². The second kappa shape index (κ2) is 9.75. The Balaban J connectivity index is 0.00000364. The highest BCUT2D eigenvalue weighted by molar-refractivity contribution is 5.85. The zero-order chi connectivity index (χ0) is 19.3. The van der Waals surface area contributed by atoms with Crippen molar-refractivity contribution in [1.82, 2.24) is 4.90 Å². The minimum absolute atomic E-state index is 0. The Labute approximate surface area is 160 Å². The highest BCUT2D eigenvalue weighted by atomic mass is 35.5. The van der Waals surface area contributed by atoms with Crippen molar-refractivity contribution in [2.75, 3.05) is 25.0 Å². The van der Waals surface area contributed by atoms with Gasteiger partial charge in [0, 0.05) is 38.2 Å². The molecule has 0 bridgehead atoms. The Bertz CT molecular complexity index is 673. The second-order valence-corrected chi connectivity index (χ2v) is 6.14. The number of nitro benzene ring substituents is 1. The number of piperidine rings is 1. The van der Waals surface area contributed by atoms with Gasteiger partial charge in [0.1, 0.15) is 5.69 Å². The van der Waals surface area contributed by atoms with Crippen molar-refractivity contribution in [3.8, 4) is 0 Å². The molecule has 1 aliphatic rings. The van der Waals surface area contributed by atoms with Gasteiger partial charge in [-0.25, -0.2) is 0 Å². The average molecular weight is 411 g/mol. The zero-order valence-corrected chi connectivity index (χ0v) is 15.3. The Morgan fingerprint density at radius 1 is 1.37 bits per heavy atom. The normalized spacial score (nSPS) is 17.2. The Morgan fingerprint density at radius 3 is 2.67 bits per heavy atom. The number of nitrogens with zero attached hydrogens (tertiary/aromatic N) is 2. The summed E-state index contributed by atoms with van der Waals surface area (Å²) in [5, 5.41) is 13.7. The van der Waals surface area contributed by atoms with Crippen LogP contribution < -0.4 is 11.1 Å². The number of hydrogen-bond donors (Lipinski definition) is 2. The summed E-state index contributed by atoms with van der Waals surface area (Å²) in [5.74, 6) is -0.123. The average Bonchev–Trinajstić information content (AvgIpc) is 2.60. The van der Waals surface area contributed by atoms with E-state index in [0.717, 1.165) is 31.4 Å². The molecular weight excluding hydrogens is 389 g/mol. The first-order chi connectivity index (χ1) is 12.2. The van der Waals surface area contributed by atoms with Crippen LogP contribution in [0.15, 0.2) is 18.2 Å². The monoisotopic (exact) mass is 410 g/mol. The van der Waals surface area contributed by atoms with Gasteiger partial charge in [0.2, 0.25) is 5.91 Å². The maximum Gasteiger partial charge on any atom is 0.416 e. The van der Waals surface area contributed by atoms with Crippen LogP contribution in [0.4, 0.5) is 24.5 Å². The number of nitrogens with one attached hydrogen (secondary N) is 1. The lowest BCUT2D eigenvalue weighted by molar-refractivity contribution is -0.384. The first-order valence-electron chi connectivity index (χ1n) is 8.33. The molecule has 0 aromatic heterocycles. The predicted octanol–water partition coefficient (Wildman–Crippen LogP) is 3.18. The topological polar surface area (TPSA) is 102 Å². The number of likely N-dealkylation sites (tertiary alicyclic amines) is 1. The van der Waals surface area contributed by atoms with Crippen molar-refractivity contribution in [3.63, 3.8) is 0 Å². The van der Waals surface area contributed by atoms with Crippen LogP contribution in [-0.4, -0.2) is 41.4 Å². The Hall–Kier alpha value is -2.07. The number of rotatable bonds is 6. The number of amides is 1. The van der Waals surface area contributed by atoms with E-state index >= 15 is 0 Å². The number of anilines is 1. The van der Waals surface area contributed by atoms with Gasteiger partial charge in [0.25, 0.3) is 5.69 Å². The van der Waals surface area contributed by atoms with Crippen molar-refractivity contribution in [2.45, 2.75) is 37.9 Å². The van der Waals surface area contributed by atoms with E-state index in [1.807, 2.05) is 0 Å². The molecule has 1 saturated heterocycles. The number of carbonyl (C=O) groups excluding carboxylic acids is 1. The summed E-state index contributed by atoms with van der Waals surface area (Å²) in [4.78, 5) is 24.2. The van der Waals surface area contributed by atoms with E-state index in [2.05, 4.69) is 5.32 Å². The van der Waals surface area contributed by atoms with E-state index in [9.17, 15) is 28.1 Å². The summed E-state index contributed by atoms with van der Waals surface area (Å²) < 4.78 is 38.1. The minimum Gasteiger partial charge on any atom is -0.379 e. The van der Waals surface area contributed by atoms with E-state index < -0.39 is 22.4 Å². The van der Waals surface area contributed by atoms with Crippen LogP contribution in [0.2, 0.25) is 0 Å². The molecule has 1 aromatic carbocycles. The molecule has 1 aliphatic heterocycles. The second-order valence-electron chi connectivity index (χ2n) is 6.14. The molecule has 0 aliphatic carbocycles. The first-order valence-corrected chi connectivity index (χ1v) is 8.33. The highest BCUT2D eigenvalue weighted by Crippen LogP contribution is 2.34. The number of alkyl halides is 3. The van der Waals surface area contributed by atoms with Crippen molar-refractivity contribution in [3.05, 3.63) is 33.9 Å². The number of benzene rings is 1. The minimum atomic E-state index is -4.66. The molecule has 27 heavy (non-hydrogen) atoms. The maximum atomic E-state index is 12.7. The quantitative estimate of drug-likeness (QED) is 0.554. The molecule has 1 atom stereocenters. The van der Waals surface area contributed by atoms with Crippen molar-refractivity contribution < 1.29 is 22.9 Å². The lowest BCUT2D eigenvalue weighted by atomic mass is 10.0. The van der Waals surface area contributed by atoms with Crippen molar-refractivity contribution in [1.29, 1.82) is 0 Å². The summed E-state index contributed by atoms with van der Waals surface area (Å²) in [6.07, 6.45) is -1.82. The summed E-state index contributed by atoms with van der Waals surface area (Å²) in [5.41, 5.74) is 3.86. The standard InChI is InChI=1S/C16H21F3N4O3.ClH/c17-16(18,19)11-4-5-13(14(9-11)23(25)26)21-7-6-15(24)22-8-2-1-3-12(22)10-20;/h4-5,9,12,21H,1-3,6-8,10,20H2;1H. The fraction of sp³-hybridized carbons (Fsp3) is 0.562. The van der Waals surface area contributed by atoms with Gasteiger partial charge in [0.05, 0.1) is 10.5 Å². The fourth-order valence-electron chi connectivity index (χ4n) is 3.03. The Morgan fingerprint density at radius 2 is 2.07 bits per heavy atom. The molecule has 1 unspecified atom stereocenters. The van der Waals surface area contributed by atoms with Crippen LogP contribution >= 0.6 is 12.4 Å². The molecule has 1 fully saturated rings. The maximum absolute atomic E-state index is 12.7. The molecule has 0 radical (unpaired) electrons. The molecule has 152 valence electrons. The number of halogens is 4. The van der Waals surface area contributed by atoms with Gasteiger partial charge in [-0.05, 0) is 31.4 Å². The Kier molecular flexibility index (Phi) is 8.29. The number of nitrogens with two attached hydrogens (primary N) is 1. The van der Waals surface area contributed by atoms with Gasteiger partial charge < -0.3 is 16.0 Å². The van der Waals surface area contributed by atoms with Crippen LogP contribution in [0, 0.1) is 10.1 Å². The van der Waals surface area contributed by atoms with Gasteiger partial charge in [-0.3, -0.25) is 14.9 Å². The molecule has 1 heterocycles. The predicted molar refractivity (Wildman–Crippen MR) is 96.9 cm³/mol. The third-order valence-electron chi connectivity index (χ3n) is 4.40. The molecule has 1 amide bonds.